The van der Waals surface area contributed by atoms with Crippen LogP contribution in [0, 0.1) is 0 Å². The molecule has 5 nitrogen and oxygen atoms in total. The molecule has 0 radical (unpaired) electrons. The third-order valence-electron chi connectivity index (χ3n) is 4.54. The van der Waals surface area contributed by atoms with Crippen LogP contribution in [-0.4, -0.2) is 37.4 Å². The number of methoxy groups -OCH3 is 1. The smallest absolute Gasteiger partial charge is 0.259 e. The SMILES string of the molecule is COc1ccc(OC[C@@H](O)CN2C(=O)c3cccc4cccc2c34)cc1. The normalized spacial score (nSPS) is 13.9. The maximum atomic E-state index is 12.7. The van der Waals surface area contributed by atoms with Gasteiger partial charge in [-0.25, -0.2) is 0 Å². The van der Waals surface area contributed by atoms with Crippen LogP contribution < -0.4 is 14.4 Å². The second kappa shape index (κ2) is 6.69. The lowest BCUT2D eigenvalue weighted by Gasteiger charge is -2.21. The van der Waals surface area contributed by atoms with Crippen molar-refractivity contribution in [2.45, 2.75) is 6.10 Å². The molecular weight excluding hydrogens is 330 g/mol. The van der Waals surface area contributed by atoms with Gasteiger partial charge in [0, 0.05) is 10.9 Å². The Bertz CT molecular complexity index is 947. The lowest BCUT2D eigenvalue weighted by Crippen LogP contribution is -2.37. The van der Waals surface area contributed by atoms with Gasteiger partial charge in [0.05, 0.1) is 19.3 Å². The van der Waals surface area contributed by atoms with Crippen LogP contribution in [0.2, 0.25) is 0 Å². The van der Waals surface area contributed by atoms with Gasteiger partial charge in [0.25, 0.3) is 5.91 Å². The van der Waals surface area contributed by atoms with Crippen molar-refractivity contribution in [3.05, 3.63) is 66.2 Å². The fourth-order valence-electron chi connectivity index (χ4n) is 3.29. The minimum atomic E-state index is -0.800. The largest absolute Gasteiger partial charge is 0.497 e. The first-order valence-electron chi connectivity index (χ1n) is 8.46. The van der Waals surface area contributed by atoms with E-state index in [1.165, 1.54) is 0 Å². The highest BCUT2D eigenvalue weighted by Crippen LogP contribution is 2.37. The number of anilines is 1. The number of nitrogens with zero attached hydrogens (tertiary/aromatic N) is 1. The van der Waals surface area contributed by atoms with Gasteiger partial charge in [-0.3, -0.25) is 4.79 Å². The molecule has 3 aromatic carbocycles. The van der Waals surface area contributed by atoms with Crippen molar-refractivity contribution in [1.82, 2.24) is 0 Å². The zero-order valence-corrected chi connectivity index (χ0v) is 14.4. The summed E-state index contributed by atoms with van der Waals surface area (Å²) in [6, 6.07) is 18.7. The Kier molecular flexibility index (Phi) is 4.22. The average Bonchev–Trinajstić information content (AvgIpc) is 2.95. The molecule has 4 rings (SSSR count). The Hall–Kier alpha value is -3.05. The number of carbonyl (C=O) groups is 1. The van der Waals surface area contributed by atoms with E-state index in [1.54, 1.807) is 36.3 Å². The molecule has 0 aromatic heterocycles. The quantitative estimate of drug-likeness (QED) is 0.742. The van der Waals surface area contributed by atoms with Crippen LogP contribution in [0.3, 0.4) is 0 Å². The maximum absolute atomic E-state index is 12.7. The summed E-state index contributed by atoms with van der Waals surface area (Å²) in [6.45, 7) is 0.283. The van der Waals surface area contributed by atoms with Gasteiger partial charge >= 0.3 is 0 Å². The molecule has 0 bridgehead atoms. The zero-order valence-electron chi connectivity index (χ0n) is 14.4. The van der Waals surface area contributed by atoms with Crippen molar-refractivity contribution in [1.29, 1.82) is 0 Å². The number of amides is 1. The fraction of sp³-hybridized carbons (Fsp3) is 0.190. The molecule has 1 aliphatic heterocycles. The summed E-state index contributed by atoms with van der Waals surface area (Å²) in [5.41, 5.74) is 1.52. The number of benzene rings is 3. The Labute approximate surface area is 151 Å². The Morgan fingerprint density at radius 3 is 2.42 bits per heavy atom. The molecule has 1 N–H and O–H groups in total. The summed E-state index contributed by atoms with van der Waals surface area (Å²) >= 11 is 0. The number of hydrogen-bond donors (Lipinski definition) is 1. The molecule has 0 saturated carbocycles. The first-order valence-corrected chi connectivity index (χ1v) is 8.46. The van der Waals surface area contributed by atoms with E-state index in [4.69, 9.17) is 9.47 Å². The van der Waals surface area contributed by atoms with Crippen LogP contribution >= 0.6 is 0 Å². The summed E-state index contributed by atoms with van der Waals surface area (Å²) < 4.78 is 10.7. The van der Waals surface area contributed by atoms with Crippen LogP contribution in [0.1, 0.15) is 10.4 Å². The predicted octanol–water partition coefficient (Wildman–Crippen LogP) is 3.25. The van der Waals surface area contributed by atoms with E-state index < -0.39 is 6.10 Å². The maximum Gasteiger partial charge on any atom is 0.259 e. The first kappa shape index (κ1) is 16.4. The highest BCUT2D eigenvalue weighted by atomic mass is 16.5. The van der Waals surface area contributed by atoms with Crippen molar-refractivity contribution in [3.8, 4) is 11.5 Å². The van der Waals surface area contributed by atoms with Crippen molar-refractivity contribution < 1.29 is 19.4 Å². The molecule has 26 heavy (non-hydrogen) atoms. The summed E-state index contributed by atoms with van der Waals surface area (Å²) in [6.07, 6.45) is -0.800. The molecule has 0 fully saturated rings. The van der Waals surface area contributed by atoms with Crippen LogP contribution in [-0.2, 0) is 0 Å². The van der Waals surface area contributed by atoms with Crippen molar-refractivity contribution in [3.63, 3.8) is 0 Å². The number of β-amino-alcohol motifs (C(OH)–C–C–N with tert-alkyl or cyclic N) is 1. The third-order valence-corrected chi connectivity index (χ3v) is 4.54. The molecule has 132 valence electrons. The second-order valence-corrected chi connectivity index (χ2v) is 6.24. The zero-order chi connectivity index (χ0) is 18.1. The molecule has 0 unspecified atom stereocenters. The van der Waals surface area contributed by atoms with E-state index in [0.29, 0.717) is 11.3 Å². The lowest BCUT2D eigenvalue weighted by atomic mass is 10.1. The molecule has 5 heteroatoms. The Morgan fingerprint density at radius 2 is 1.69 bits per heavy atom. The van der Waals surface area contributed by atoms with Gasteiger partial charge in [0.1, 0.15) is 24.2 Å². The van der Waals surface area contributed by atoms with Crippen molar-refractivity contribution in [2.24, 2.45) is 0 Å². The molecule has 0 spiro atoms. The molecular formula is C21H19NO4. The van der Waals surface area contributed by atoms with Crippen molar-refractivity contribution >= 4 is 22.4 Å². The summed E-state index contributed by atoms with van der Waals surface area (Å²) in [7, 11) is 1.60. The highest BCUT2D eigenvalue weighted by Gasteiger charge is 2.30. The standard InChI is InChI=1S/C21H19NO4/c1-25-16-8-10-17(11-9-16)26-13-15(23)12-22-19-7-3-5-14-4-2-6-18(20(14)19)21(22)24/h2-11,15,23H,12-13H2,1H3/t15-/m0/s1. The minimum Gasteiger partial charge on any atom is -0.497 e. The molecule has 1 amide bonds. The monoisotopic (exact) mass is 349 g/mol. The third kappa shape index (κ3) is 2.86. The van der Waals surface area contributed by atoms with E-state index in [9.17, 15) is 9.90 Å². The Morgan fingerprint density at radius 1 is 1.00 bits per heavy atom. The minimum absolute atomic E-state index is 0.0831. The number of rotatable bonds is 6. The number of ether oxygens (including phenoxy) is 2. The second-order valence-electron chi connectivity index (χ2n) is 6.24. The van der Waals surface area contributed by atoms with Crippen LogP contribution in [0.25, 0.3) is 10.8 Å². The van der Waals surface area contributed by atoms with Crippen LogP contribution in [0.4, 0.5) is 5.69 Å². The fourth-order valence-corrected chi connectivity index (χ4v) is 3.29. The topological polar surface area (TPSA) is 59.0 Å². The summed E-state index contributed by atoms with van der Waals surface area (Å²) in [5, 5.41) is 12.4. The molecule has 1 heterocycles. The van der Waals surface area contributed by atoms with E-state index in [2.05, 4.69) is 0 Å². The molecule has 1 aliphatic rings. The predicted molar refractivity (Wildman–Crippen MR) is 100 cm³/mol. The van der Waals surface area contributed by atoms with E-state index in [0.717, 1.165) is 22.2 Å². The van der Waals surface area contributed by atoms with E-state index in [-0.39, 0.29) is 19.1 Å². The van der Waals surface area contributed by atoms with Gasteiger partial charge < -0.3 is 19.5 Å². The van der Waals surface area contributed by atoms with Crippen LogP contribution in [0.5, 0.6) is 11.5 Å². The summed E-state index contributed by atoms with van der Waals surface area (Å²) in [5.74, 6) is 1.30. The average molecular weight is 349 g/mol. The molecule has 1 atom stereocenters. The molecule has 0 saturated heterocycles. The van der Waals surface area contributed by atoms with Gasteiger partial charge in [-0.1, -0.05) is 24.3 Å². The van der Waals surface area contributed by atoms with E-state index >= 15 is 0 Å². The van der Waals surface area contributed by atoms with Gasteiger partial charge in [0.15, 0.2) is 0 Å². The first-order chi connectivity index (χ1) is 12.7. The Balaban J connectivity index is 1.46. The van der Waals surface area contributed by atoms with Gasteiger partial charge in [-0.2, -0.15) is 0 Å². The number of hydrogen-bond acceptors (Lipinski definition) is 4. The molecule has 0 aliphatic carbocycles. The number of aliphatic hydroxyl groups is 1. The van der Waals surface area contributed by atoms with Gasteiger partial charge in [-0.15, -0.1) is 0 Å². The molecule has 3 aromatic rings. The van der Waals surface area contributed by atoms with Crippen molar-refractivity contribution in [2.75, 3.05) is 25.2 Å². The van der Waals surface area contributed by atoms with Crippen LogP contribution in [0.15, 0.2) is 60.7 Å². The number of aliphatic hydroxyl groups excluding tert-OH is 1. The lowest BCUT2D eigenvalue weighted by molar-refractivity contribution is 0.0913. The van der Waals surface area contributed by atoms with Gasteiger partial charge in [0.2, 0.25) is 0 Å². The summed E-state index contributed by atoms with van der Waals surface area (Å²) in [4.78, 5) is 14.3. The number of carbonyl (C=O) groups excluding carboxylic acids is 1. The van der Waals surface area contributed by atoms with E-state index in [1.807, 2.05) is 36.4 Å². The van der Waals surface area contributed by atoms with Gasteiger partial charge in [-0.05, 0) is 41.8 Å². The highest BCUT2D eigenvalue weighted by molar-refractivity contribution is 6.25.